The molecule has 0 aliphatic rings. The Hall–Kier alpha value is -1.04. The monoisotopic (exact) mass is 223 g/mol. The Balaban J connectivity index is 2.30. The minimum atomic E-state index is -4.34. The third kappa shape index (κ3) is 4.27. The fourth-order valence-electron chi connectivity index (χ4n) is 0.833. The second kappa shape index (κ2) is 4.45. The molecule has 0 spiro atoms. The Labute approximate surface area is 82.7 Å². The average molecular weight is 223 g/mol. The number of amides is 1. The second-order valence-corrected chi connectivity index (χ2v) is 3.68. The lowest BCUT2D eigenvalue weighted by molar-refractivity contribution is -0.138. The van der Waals surface area contributed by atoms with Gasteiger partial charge in [0.1, 0.15) is 6.54 Å². The van der Waals surface area contributed by atoms with E-state index in [9.17, 15) is 18.0 Å². The molecule has 0 fully saturated rings. The number of hydrogen-bond donors (Lipinski definition) is 1. The molecule has 0 radical (unpaired) electrons. The van der Waals surface area contributed by atoms with E-state index in [1.807, 2.05) is 0 Å². The molecule has 1 aromatic rings. The van der Waals surface area contributed by atoms with Gasteiger partial charge in [0.05, 0.1) is 6.42 Å². The van der Waals surface area contributed by atoms with Crippen molar-refractivity contribution in [2.45, 2.75) is 12.6 Å². The van der Waals surface area contributed by atoms with Gasteiger partial charge in [-0.2, -0.15) is 13.2 Å². The van der Waals surface area contributed by atoms with Crippen LogP contribution in [0.25, 0.3) is 0 Å². The van der Waals surface area contributed by atoms with Crippen molar-refractivity contribution in [3.8, 4) is 0 Å². The Kier molecular flexibility index (Phi) is 3.51. The third-order valence-electron chi connectivity index (χ3n) is 1.40. The molecule has 78 valence electrons. The lowest BCUT2D eigenvalue weighted by Crippen LogP contribution is -2.34. The van der Waals surface area contributed by atoms with Crippen LogP contribution < -0.4 is 5.32 Å². The zero-order valence-corrected chi connectivity index (χ0v) is 7.91. The molecular formula is C8H8F3NOS. The van der Waals surface area contributed by atoms with Crippen molar-refractivity contribution in [2.75, 3.05) is 6.54 Å². The van der Waals surface area contributed by atoms with E-state index in [4.69, 9.17) is 0 Å². The van der Waals surface area contributed by atoms with Crippen LogP contribution in [0.1, 0.15) is 4.88 Å². The van der Waals surface area contributed by atoms with E-state index in [-0.39, 0.29) is 6.42 Å². The predicted octanol–water partition coefficient (Wildman–Crippen LogP) is 1.97. The first kappa shape index (κ1) is 11.0. The van der Waals surface area contributed by atoms with Crippen molar-refractivity contribution in [3.63, 3.8) is 0 Å². The van der Waals surface area contributed by atoms with Gasteiger partial charge in [-0.3, -0.25) is 4.79 Å². The summed E-state index contributed by atoms with van der Waals surface area (Å²) in [6.45, 7) is -1.27. The second-order valence-electron chi connectivity index (χ2n) is 2.65. The molecule has 1 heterocycles. The molecule has 0 bridgehead atoms. The number of nitrogens with one attached hydrogen (secondary N) is 1. The van der Waals surface area contributed by atoms with Crippen LogP contribution in [0.3, 0.4) is 0 Å². The zero-order valence-electron chi connectivity index (χ0n) is 7.10. The van der Waals surface area contributed by atoms with Crippen LogP contribution in [-0.2, 0) is 11.2 Å². The van der Waals surface area contributed by atoms with Crippen molar-refractivity contribution in [1.82, 2.24) is 5.32 Å². The summed E-state index contributed by atoms with van der Waals surface area (Å²) in [7, 11) is 0. The van der Waals surface area contributed by atoms with Gasteiger partial charge in [0, 0.05) is 4.88 Å². The molecule has 14 heavy (non-hydrogen) atoms. The molecular weight excluding hydrogens is 215 g/mol. The Bertz CT molecular complexity index is 294. The van der Waals surface area contributed by atoms with E-state index < -0.39 is 18.6 Å². The summed E-state index contributed by atoms with van der Waals surface area (Å²) in [5.74, 6) is -0.607. The van der Waals surface area contributed by atoms with E-state index in [1.54, 1.807) is 22.8 Å². The first-order valence-corrected chi connectivity index (χ1v) is 4.71. The van der Waals surface area contributed by atoms with Gasteiger partial charge in [0.2, 0.25) is 5.91 Å². The standard InChI is InChI=1S/C8H8F3NOS/c9-8(10,11)5-12-7(13)4-6-2-1-3-14-6/h1-3H,4-5H2,(H,12,13). The number of thiophene rings is 1. The SMILES string of the molecule is O=C(Cc1cccs1)NCC(F)(F)F. The average Bonchev–Trinajstić information content (AvgIpc) is 2.52. The van der Waals surface area contributed by atoms with Crippen molar-refractivity contribution in [2.24, 2.45) is 0 Å². The summed E-state index contributed by atoms with van der Waals surface area (Å²) >= 11 is 1.34. The van der Waals surface area contributed by atoms with Gasteiger partial charge in [0.15, 0.2) is 0 Å². The van der Waals surface area contributed by atoms with Gasteiger partial charge in [-0.15, -0.1) is 11.3 Å². The van der Waals surface area contributed by atoms with Crippen LogP contribution in [-0.4, -0.2) is 18.6 Å². The first-order chi connectivity index (χ1) is 6.47. The molecule has 1 rings (SSSR count). The third-order valence-corrected chi connectivity index (χ3v) is 2.28. The Morgan fingerprint density at radius 3 is 2.71 bits per heavy atom. The van der Waals surface area contributed by atoms with Crippen LogP contribution in [0, 0.1) is 0 Å². The van der Waals surface area contributed by atoms with E-state index in [2.05, 4.69) is 0 Å². The topological polar surface area (TPSA) is 29.1 Å². The number of alkyl halides is 3. The van der Waals surface area contributed by atoms with Crippen LogP contribution in [0.2, 0.25) is 0 Å². The summed E-state index contributed by atoms with van der Waals surface area (Å²) in [4.78, 5) is 11.7. The molecule has 0 saturated carbocycles. The molecule has 0 aliphatic carbocycles. The minimum Gasteiger partial charge on any atom is -0.347 e. The predicted molar refractivity (Wildman–Crippen MR) is 47.1 cm³/mol. The van der Waals surface area contributed by atoms with Gasteiger partial charge in [-0.25, -0.2) is 0 Å². The lowest BCUT2D eigenvalue weighted by Gasteiger charge is -2.07. The molecule has 0 aliphatic heterocycles. The molecule has 0 atom stereocenters. The quantitative estimate of drug-likeness (QED) is 0.834. The minimum absolute atomic E-state index is 0.00769. The molecule has 1 aromatic heterocycles. The Morgan fingerprint density at radius 2 is 2.21 bits per heavy atom. The highest BCUT2D eigenvalue weighted by atomic mass is 32.1. The van der Waals surface area contributed by atoms with Crippen molar-refractivity contribution >= 4 is 17.2 Å². The first-order valence-electron chi connectivity index (χ1n) is 3.83. The van der Waals surface area contributed by atoms with Gasteiger partial charge >= 0.3 is 6.18 Å². The normalized spacial score (nSPS) is 11.4. The highest BCUT2D eigenvalue weighted by Crippen LogP contribution is 2.13. The van der Waals surface area contributed by atoms with Crippen LogP contribution in [0.15, 0.2) is 17.5 Å². The molecule has 1 N–H and O–H groups in total. The molecule has 0 aromatic carbocycles. The lowest BCUT2D eigenvalue weighted by atomic mass is 10.3. The largest absolute Gasteiger partial charge is 0.405 e. The maximum absolute atomic E-state index is 11.7. The number of rotatable bonds is 3. The van der Waals surface area contributed by atoms with Crippen LogP contribution >= 0.6 is 11.3 Å². The molecule has 0 unspecified atom stereocenters. The van der Waals surface area contributed by atoms with Crippen LogP contribution in [0.4, 0.5) is 13.2 Å². The molecule has 0 saturated heterocycles. The van der Waals surface area contributed by atoms with E-state index in [0.717, 1.165) is 4.88 Å². The smallest absolute Gasteiger partial charge is 0.347 e. The zero-order chi connectivity index (χ0) is 10.6. The summed E-state index contributed by atoms with van der Waals surface area (Å²) in [6.07, 6.45) is -4.33. The number of carbonyl (C=O) groups is 1. The molecule has 2 nitrogen and oxygen atoms in total. The van der Waals surface area contributed by atoms with Gasteiger partial charge in [-0.1, -0.05) is 6.07 Å². The van der Waals surface area contributed by atoms with Crippen molar-refractivity contribution < 1.29 is 18.0 Å². The van der Waals surface area contributed by atoms with Gasteiger partial charge in [0.25, 0.3) is 0 Å². The summed E-state index contributed by atoms with van der Waals surface area (Å²) in [5, 5.41) is 3.57. The highest BCUT2D eigenvalue weighted by molar-refractivity contribution is 7.10. The summed E-state index contributed by atoms with van der Waals surface area (Å²) < 4.78 is 35.0. The van der Waals surface area contributed by atoms with E-state index in [1.165, 1.54) is 11.3 Å². The Morgan fingerprint density at radius 1 is 1.50 bits per heavy atom. The summed E-state index contributed by atoms with van der Waals surface area (Å²) in [6, 6.07) is 3.45. The molecule has 6 heteroatoms. The number of carbonyl (C=O) groups excluding carboxylic acids is 1. The van der Waals surface area contributed by atoms with E-state index in [0.29, 0.717) is 0 Å². The fourth-order valence-corrected chi connectivity index (χ4v) is 1.54. The van der Waals surface area contributed by atoms with E-state index >= 15 is 0 Å². The van der Waals surface area contributed by atoms with Crippen molar-refractivity contribution in [3.05, 3.63) is 22.4 Å². The maximum Gasteiger partial charge on any atom is 0.405 e. The van der Waals surface area contributed by atoms with Crippen molar-refractivity contribution in [1.29, 1.82) is 0 Å². The van der Waals surface area contributed by atoms with Gasteiger partial charge in [-0.05, 0) is 11.4 Å². The maximum atomic E-state index is 11.7. The number of halogens is 3. The highest BCUT2D eigenvalue weighted by Gasteiger charge is 2.27. The molecule has 1 amide bonds. The van der Waals surface area contributed by atoms with Gasteiger partial charge < -0.3 is 5.32 Å². The fraction of sp³-hybridized carbons (Fsp3) is 0.375. The summed E-state index contributed by atoms with van der Waals surface area (Å²) in [5.41, 5.74) is 0. The number of hydrogen-bond acceptors (Lipinski definition) is 2. The van der Waals surface area contributed by atoms with Crippen LogP contribution in [0.5, 0.6) is 0 Å².